The highest BCUT2D eigenvalue weighted by Gasteiger charge is 2.23. The molecule has 0 bridgehead atoms. The van der Waals surface area contributed by atoms with Gasteiger partial charge in [-0.3, -0.25) is 4.79 Å². The third-order valence-corrected chi connectivity index (χ3v) is 4.42. The minimum absolute atomic E-state index is 0.234. The first kappa shape index (κ1) is 18.2. The van der Waals surface area contributed by atoms with Crippen molar-refractivity contribution in [2.75, 3.05) is 26.8 Å². The monoisotopic (exact) mass is 357 g/mol. The fraction of sp³-hybridized carbons (Fsp3) is 0.417. The molecule has 0 N–H and O–H groups in total. The van der Waals surface area contributed by atoms with E-state index < -0.39 is 31.2 Å². The molecule has 0 unspecified atom stereocenters. The predicted octanol–water partition coefficient (Wildman–Crippen LogP) is 2.52. The topological polar surface area (TPSA) is 63.7 Å². The summed E-state index contributed by atoms with van der Waals surface area (Å²) in [6.45, 7) is 2.82. The van der Waals surface area contributed by atoms with E-state index in [9.17, 15) is 17.6 Å². The van der Waals surface area contributed by atoms with Crippen molar-refractivity contribution < 1.29 is 22.3 Å². The average Bonchev–Trinajstić information content (AvgIpc) is 2.36. The number of halogens is 3. The summed E-state index contributed by atoms with van der Waals surface area (Å²) < 4.78 is 41.6. The summed E-state index contributed by atoms with van der Waals surface area (Å²) in [7, 11) is 2.47. The molecule has 0 spiro atoms. The maximum absolute atomic E-state index is 13.8. The molecule has 0 saturated heterocycles. The van der Waals surface area contributed by atoms with Crippen LogP contribution in [0.4, 0.5) is 4.39 Å². The first-order chi connectivity index (χ1) is 9.68. The molecule has 1 aromatic carbocycles. The first-order valence-electron chi connectivity index (χ1n) is 5.95. The number of ether oxygens (including phenoxy) is 1. The molecule has 1 amide bonds. The number of likely N-dealkylation sites (N-methyl/N-ethyl adjacent to an activating group) is 1. The number of amides is 1. The summed E-state index contributed by atoms with van der Waals surface area (Å²) in [5.41, 5.74) is -0.419. The summed E-state index contributed by atoms with van der Waals surface area (Å²) >= 11 is 5.62. The second-order valence-electron chi connectivity index (χ2n) is 4.12. The zero-order valence-electron chi connectivity index (χ0n) is 11.4. The molecule has 0 atom stereocenters. The lowest BCUT2D eigenvalue weighted by Gasteiger charge is -2.18. The Bertz CT molecular complexity index is 636. The van der Waals surface area contributed by atoms with Crippen molar-refractivity contribution in [2.45, 2.75) is 11.8 Å². The molecule has 0 aliphatic carbocycles. The normalized spacial score (nSPS) is 11.5. The van der Waals surface area contributed by atoms with E-state index in [0.29, 0.717) is 6.61 Å². The van der Waals surface area contributed by atoms with Crippen LogP contribution in [0, 0.1) is 5.82 Å². The van der Waals surface area contributed by atoms with Gasteiger partial charge in [0.2, 0.25) is 0 Å². The second-order valence-corrected chi connectivity index (χ2v) is 7.07. The Balaban J connectivity index is 3.10. The van der Waals surface area contributed by atoms with E-state index in [-0.39, 0.29) is 18.2 Å². The van der Waals surface area contributed by atoms with Crippen LogP contribution in [-0.4, -0.2) is 46.0 Å². The van der Waals surface area contributed by atoms with E-state index in [4.69, 9.17) is 27.0 Å². The van der Waals surface area contributed by atoms with E-state index in [2.05, 4.69) is 0 Å². The van der Waals surface area contributed by atoms with Gasteiger partial charge >= 0.3 is 0 Å². The maximum atomic E-state index is 13.8. The van der Waals surface area contributed by atoms with Crippen molar-refractivity contribution in [3.05, 3.63) is 28.5 Å². The Hall–Kier alpha value is -0.890. The molecule has 0 aromatic heterocycles. The fourth-order valence-electron chi connectivity index (χ4n) is 1.53. The fourth-order valence-corrected chi connectivity index (χ4v) is 3.04. The molecule has 0 radical (unpaired) electrons. The first-order valence-corrected chi connectivity index (χ1v) is 8.64. The van der Waals surface area contributed by atoms with Crippen molar-refractivity contribution in [1.82, 2.24) is 4.90 Å². The number of rotatable bonds is 6. The zero-order chi connectivity index (χ0) is 16.2. The summed E-state index contributed by atoms with van der Waals surface area (Å²) in [5.74, 6) is -1.61. The standard InChI is InChI=1S/C12H14Cl2FNO4S/c1-3-20-5-4-16(2)12(17)8-6-11(21(14,18)19)9(13)7-10(8)15/h6-7H,3-5H2,1-2H3. The van der Waals surface area contributed by atoms with Gasteiger partial charge in [0.1, 0.15) is 10.7 Å². The molecule has 0 saturated carbocycles. The Morgan fingerprint density at radius 1 is 1.43 bits per heavy atom. The van der Waals surface area contributed by atoms with Crippen molar-refractivity contribution in [3.8, 4) is 0 Å². The molecule has 0 fully saturated rings. The Morgan fingerprint density at radius 3 is 2.57 bits per heavy atom. The van der Waals surface area contributed by atoms with E-state index in [1.165, 1.54) is 11.9 Å². The van der Waals surface area contributed by atoms with Gasteiger partial charge in [-0.05, 0) is 19.1 Å². The minimum atomic E-state index is -4.17. The summed E-state index contributed by atoms with van der Waals surface area (Å²) in [6, 6.07) is 1.58. The predicted molar refractivity (Wildman–Crippen MR) is 77.9 cm³/mol. The molecule has 118 valence electrons. The van der Waals surface area contributed by atoms with Crippen LogP contribution in [0.2, 0.25) is 5.02 Å². The van der Waals surface area contributed by atoms with Crippen LogP contribution >= 0.6 is 22.3 Å². The molecular formula is C12H14Cl2FNO4S. The molecule has 1 rings (SSSR count). The molecule has 5 nitrogen and oxygen atoms in total. The minimum Gasteiger partial charge on any atom is -0.380 e. The smallest absolute Gasteiger partial charge is 0.262 e. The Kier molecular flexibility index (Phi) is 6.40. The average molecular weight is 358 g/mol. The number of carbonyl (C=O) groups is 1. The van der Waals surface area contributed by atoms with Gasteiger partial charge in [-0.25, -0.2) is 12.8 Å². The quantitative estimate of drug-likeness (QED) is 0.579. The van der Waals surface area contributed by atoms with Gasteiger partial charge in [0, 0.05) is 30.9 Å². The maximum Gasteiger partial charge on any atom is 0.262 e. The van der Waals surface area contributed by atoms with Crippen LogP contribution in [-0.2, 0) is 13.8 Å². The van der Waals surface area contributed by atoms with Gasteiger partial charge in [-0.15, -0.1) is 0 Å². The van der Waals surface area contributed by atoms with E-state index >= 15 is 0 Å². The van der Waals surface area contributed by atoms with E-state index in [0.717, 1.165) is 12.1 Å². The van der Waals surface area contributed by atoms with Crippen LogP contribution in [0.25, 0.3) is 0 Å². The van der Waals surface area contributed by atoms with Crippen molar-refractivity contribution >= 4 is 37.2 Å². The summed E-state index contributed by atoms with van der Waals surface area (Å²) in [5, 5.41) is -0.379. The molecule has 1 aromatic rings. The van der Waals surface area contributed by atoms with Crippen molar-refractivity contribution in [3.63, 3.8) is 0 Å². The third-order valence-electron chi connectivity index (χ3n) is 2.64. The van der Waals surface area contributed by atoms with Crippen LogP contribution < -0.4 is 0 Å². The number of nitrogens with zero attached hydrogens (tertiary/aromatic N) is 1. The van der Waals surface area contributed by atoms with Crippen LogP contribution in [0.1, 0.15) is 17.3 Å². The largest absolute Gasteiger partial charge is 0.380 e. The van der Waals surface area contributed by atoms with Crippen molar-refractivity contribution in [2.24, 2.45) is 0 Å². The highest BCUT2D eigenvalue weighted by atomic mass is 35.7. The van der Waals surface area contributed by atoms with Gasteiger partial charge in [0.15, 0.2) is 0 Å². The SMILES string of the molecule is CCOCCN(C)C(=O)c1cc(S(=O)(=O)Cl)c(Cl)cc1F. The third kappa shape index (κ3) is 4.81. The van der Waals surface area contributed by atoms with E-state index in [1.54, 1.807) is 6.92 Å². The lowest BCUT2D eigenvalue weighted by atomic mass is 10.2. The van der Waals surface area contributed by atoms with Gasteiger partial charge in [0.25, 0.3) is 15.0 Å². The number of hydrogen-bond acceptors (Lipinski definition) is 4. The van der Waals surface area contributed by atoms with Crippen molar-refractivity contribution in [1.29, 1.82) is 0 Å². The van der Waals surface area contributed by atoms with Gasteiger partial charge in [-0.2, -0.15) is 0 Å². The number of hydrogen-bond donors (Lipinski definition) is 0. The Morgan fingerprint density at radius 2 is 2.05 bits per heavy atom. The number of carbonyl (C=O) groups excluding carboxylic acids is 1. The van der Waals surface area contributed by atoms with E-state index in [1.807, 2.05) is 0 Å². The Labute approximate surface area is 132 Å². The molecule has 9 heteroatoms. The highest BCUT2D eigenvalue weighted by molar-refractivity contribution is 8.13. The van der Waals surface area contributed by atoms with Gasteiger partial charge < -0.3 is 9.64 Å². The summed E-state index contributed by atoms with van der Waals surface area (Å²) in [4.78, 5) is 12.8. The number of benzene rings is 1. The lowest BCUT2D eigenvalue weighted by Crippen LogP contribution is -2.31. The lowest BCUT2D eigenvalue weighted by molar-refractivity contribution is 0.0705. The molecule has 0 aliphatic heterocycles. The van der Waals surface area contributed by atoms with Crippen LogP contribution in [0.5, 0.6) is 0 Å². The molecule has 0 heterocycles. The van der Waals surface area contributed by atoms with Crippen LogP contribution in [0.3, 0.4) is 0 Å². The molecular weight excluding hydrogens is 344 g/mol. The molecule has 0 aliphatic rings. The zero-order valence-corrected chi connectivity index (χ0v) is 13.7. The highest BCUT2D eigenvalue weighted by Crippen LogP contribution is 2.28. The van der Waals surface area contributed by atoms with Gasteiger partial charge in [0.05, 0.1) is 17.2 Å². The van der Waals surface area contributed by atoms with Crippen LogP contribution in [0.15, 0.2) is 17.0 Å². The second kappa shape index (κ2) is 7.40. The summed E-state index contributed by atoms with van der Waals surface area (Å²) in [6.07, 6.45) is 0. The van der Waals surface area contributed by atoms with Gasteiger partial charge in [-0.1, -0.05) is 11.6 Å². The molecule has 21 heavy (non-hydrogen) atoms.